The largest absolute Gasteiger partial charge is 1.00 e. The van der Waals surface area contributed by atoms with Gasteiger partial charge < -0.3 is 47.6 Å². The Bertz CT molecular complexity index is 671. The summed E-state index contributed by atoms with van der Waals surface area (Å²) >= 11 is 5.97. The predicted molar refractivity (Wildman–Crippen MR) is 115 cm³/mol. The number of aromatic nitrogens is 4. The maximum absolute atomic E-state index is 8.25. The summed E-state index contributed by atoms with van der Waals surface area (Å²) in [5, 5.41) is 45.5. The fraction of sp³-hybridized carbons (Fsp3) is 0.200. The zero-order valence-corrected chi connectivity index (χ0v) is 20.2. The van der Waals surface area contributed by atoms with Gasteiger partial charge in [0.1, 0.15) is 0 Å². The van der Waals surface area contributed by atoms with E-state index in [0.717, 1.165) is 20.2 Å². The normalized spacial score (nSPS) is 7.74. The molecule has 15 nitrogen and oxygen atoms in total. The molecule has 0 bridgehead atoms. The van der Waals surface area contributed by atoms with Gasteiger partial charge in [-0.05, 0) is 0 Å². The van der Waals surface area contributed by atoms with Crippen LogP contribution in [0.5, 0.6) is 0 Å². The van der Waals surface area contributed by atoms with Crippen LogP contribution in [0.4, 0.5) is 10.3 Å². The van der Waals surface area contributed by atoms with Crippen molar-refractivity contribution >= 4 is 56.5 Å². The van der Waals surface area contributed by atoms with Gasteiger partial charge in [-0.1, -0.05) is 58.3 Å². The molecule has 0 unspecified atom stereocenters. The van der Waals surface area contributed by atoms with Crippen LogP contribution in [0.1, 0.15) is 0 Å². The topological polar surface area (TPSA) is 267 Å². The molecule has 0 amide bonds. The molecule has 2 heterocycles. The number of rotatable bonds is 6. The number of thioether (sulfide) groups is 2. The van der Waals surface area contributed by atoms with Crippen LogP contribution in [0.3, 0.4) is 0 Å². The van der Waals surface area contributed by atoms with Gasteiger partial charge in [0.15, 0.2) is 8.68 Å². The van der Waals surface area contributed by atoms with Crippen molar-refractivity contribution in [2.75, 3.05) is 23.0 Å². The molecule has 2 rings (SSSR count). The summed E-state index contributed by atoms with van der Waals surface area (Å²) in [6.07, 6.45) is 3.64. The van der Waals surface area contributed by atoms with Crippen molar-refractivity contribution in [3.63, 3.8) is 0 Å². The predicted octanol–water partition coefficient (Wildman–Crippen LogP) is 1.49. The van der Waals surface area contributed by atoms with Crippen molar-refractivity contribution in [2.45, 2.75) is 8.68 Å². The van der Waals surface area contributed by atoms with E-state index in [2.05, 4.69) is 33.6 Å². The molecule has 2 aromatic heterocycles. The molecular weight excluding hydrogens is 600 g/mol. The van der Waals surface area contributed by atoms with Crippen LogP contribution in [0.2, 0.25) is 0 Å². The summed E-state index contributed by atoms with van der Waals surface area (Å²) in [6.45, 7) is 7.17. The van der Waals surface area contributed by atoms with Gasteiger partial charge in [-0.25, -0.2) is 0 Å². The summed E-state index contributed by atoms with van der Waals surface area (Å²) < 4.78 is 1.80. The van der Waals surface area contributed by atoms with Gasteiger partial charge in [0.05, 0.1) is 10.2 Å². The maximum atomic E-state index is 8.25. The molecule has 2 aromatic rings. The first kappa shape index (κ1) is 39.7. The SMILES string of the molecule is C=CCSc1nnc(N)s1.C=CCSc1nnc(N)s1.O.O=[N+]([O-])[O-].O=[N+]([O-])[O-].[Cu+].[Cu+]. The zero-order chi connectivity index (χ0) is 21.9. The minimum Gasteiger partial charge on any atom is -0.412 e. The van der Waals surface area contributed by atoms with E-state index in [0.29, 0.717) is 10.3 Å². The van der Waals surface area contributed by atoms with E-state index < -0.39 is 10.2 Å². The number of nitrogens with two attached hydrogens (primary N) is 2. The molecule has 0 aliphatic heterocycles. The van der Waals surface area contributed by atoms with E-state index in [1.807, 2.05) is 12.2 Å². The number of nitrogen functional groups attached to an aromatic ring is 2. The fourth-order valence-corrected chi connectivity index (χ4v) is 3.61. The first-order chi connectivity index (χ1) is 13.1. The summed E-state index contributed by atoms with van der Waals surface area (Å²) in [4.78, 5) is 16.5. The Labute approximate surface area is 213 Å². The summed E-state index contributed by atoms with van der Waals surface area (Å²) in [7, 11) is 0. The molecule has 0 saturated carbocycles. The van der Waals surface area contributed by atoms with E-state index in [1.165, 1.54) is 22.7 Å². The first-order valence-electron chi connectivity index (χ1n) is 6.40. The van der Waals surface area contributed by atoms with Crippen LogP contribution in [-0.4, -0.2) is 47.5 Å². The summed E-state index contributed by atoms with van der Waals surface area (Å²) in [5.41, 5.74) is 10.7. The minimum absolute atomic E-state index is 0. The monoisotopic (exact) mass is 614 g/mol. The van der Waals surface area contributed by atoms with Gasteiger partial charge in [0, 0.05) is 11.5 Å². The zero-order valence-electron chi connectivity index (χ0n) is 15.0. The average Bonchev–Trinajstić information content (AvgIpc) is 3.19. The van der Waals surface area contributed by atoms with Crippen LogP contribution in [0, 0.1) is 30.6 Å². The molecule has 0 aliphatic carbocycles. The van der Waals surface area contributed by atoms with Crippen molar-refractivity contribution in [3.05, 3.63) is 56.0 Å². The second-order valence-electron chi connectivity index (χ2n) is 3.46. The Hall–Kier alpha value is -1.70. The Morgan fingerprint density at radius 3 is 1.23 bits per heavy atom. The van der Waals surface area contributed by atoms with E-state index >= 15 is 0 Å². The quantitative estimate of drug-likeness (QED) is 0.153. The van der Waals surface area contributed by atoms with Gasteiger partial charge in [-0.15, -0.1) is 33.6 Å². The van der Waals surface area contributed by atoms with Gasteiger partial charge in [0.2, 0.25) is 10.3 Å². The summed E-state index contributed by atoms with van der Waals surface area (Å²) in [6, 6.07) is 0. The van der Waals surface area contributed by atoms with Crippen molar-refractivity contribution in [3.8, 4) is 0 Å². The molecule has 0 saturated heterocycles. The molecular formula is C10H16Cu2N8O7S4. The third-order valence-corrected chi connectivity index (χ3v) is 5.26. The first-order valence-corrected chi connectivity index (χ1v) is 10.0. The van der Waals surface area contributed by atoms with Gasteiger partial charge >= 0.3 is 34.1 Å². The molecule has 0 atom stereocenters. The maximum Gasteiger partial charge on any atom is 1.00 e. The smallest absolute Gasteiger partial charge is 0.412 e. The Balaban J connectivity index is -0.000000102. The van der Waals surface area contributed by atoms with Crippen molar-refractivity contribution < 1.29 is 49.8 Å². The molecule has 0 aromatic carbocycles. The molecule has 21 heteroatoms. The van der Waals surface area contributed by atoms with Crippen molar-refractivity contribution in [1.29, 1.82) is 0 Å². The molecule has 0 aliphatic rings. The molecule has 0 fully saturated rings. The van der Waals surface area contributed by atoms with Gasteiger partial charge in [-0.2, -0.15) is 0 Å². The van der Waals surface area contributed by atoms with Crippen molar-refractivity contribution in [2.24, 2.45) is 0 Å². The Morgan fingerprint density at radius 1 is 0.806 bits per heavy atom. The molecule has 0 spiro atoms. The van der Waals surface area contributed by atoms with E-state index in [1.54, 1.807) is 23.5 Å². The number of nitrogens with zero attached hydrogens (tertiary/aromatic N) is 6. The fourth-order valence-electron chi connectivity index (χ4n) is 0.818. The number of hydrogen-bond acceptors (Lipinski definition) is 16. The molecule has 31 heavy (non-hydrogen) atoms. The average molecular weight is 616 g/mol. The van der Waals surface area contributed by atoms with Crippen LogP contribution < -0.4 is 11.5 Å². The van der Waals surface area contributed by atoms with E-state index in [-0.39, 0.29) is 39.6 Å². The van der Waals surface area contributed by atoms with Crippen LogP contribution in [-0.2, 0) is 34.1 Å². The Morgan fingerprint density at radius 2 is 1.06 bits per heavy atom. The second kappa shape index (κ2) is 26.3. The minimum atomic E-state index is -1.75. The molecule has 6 N–H and O–H groups in total. The third-order valence-electron chi connectivity index (χ3n) is 1.49. The van der Waals surface area contributed by atoms with Crippen LogP contribution in [0.25, 0.3) is 0 Å². The Kier molecular flexibility index (Phi) is 33.8. The second-order valence-corrected chi connectivity index (χ2v) is 8.01. The summed E-state index contributed by atoms with van der Waals surface area (Å²) in [5.74, 6) is 1.71. The third kappa shape index (κ3) is 33.1. The number of anilines is 2. The van der Waals surface area contributed by atoms with E-state index in [9.17, 15) is 0 Å². The molecule has 0 radical (unpaired) electrons. The van der Waals surface area contributed by atoms with Crippen molar-refractivity contribution in [1.82, 2.24) is 20.4 Å². The van der Waals surface area contributed by atoms with Crippen LogP contribution in [0.15, 0.2) is 34.0 Å². The van der Waals surface area contributed by atoms with Gasteiger partial charge in [-0.3, -0.25) is 0 Å². The van der Waals surface area contributed by atoms with Gasteiger partial charge in [0.25, 0.3) is 0 Å². The van der Waals surface area contributed by atoms with E-state index in [4.69, 9.17) is 42.1 Å². The number of hydrogen-bond donors (Lipinski definition) is 2. The standard InChI is InChI=1S/2C5H7N3S2.2Cu.2NO3.H2O/c2*1-2-3-9-5-8-7-4(6)10-5;;;2*2-1(3)4;/h2*2H,1,3H2,(H2,6,7);;;;;1H2/q;;2*+1;2*-1;. The molecule has 184 valence electrons. The van der Waals surface area contributed by atoms with Crippen LogP contribution >= 0.6 is 46.2 Å².